The van der Waals surface area contributed by atoms with Crippen molar-refractivity contribution in [2.75, 3.05) is 19.6 Å². The fourth-order valence-electron chi connectivity index (χ4n) is 1.03. The van der Waals surface area contributed by atoms with Gasteiger partial charge in [0.1, 0.15) is 0 Å². The van der Waals surface area contributed by atoms with E-state index in [0.717, 1.165) is 25.9 Å². The topological polar surface area (TPSA) is 46.3 Å². The normalized spacial score (nSPS) is 10.7. The van der Waals surface area contributed by atoms with Gasteiger partial charge >= 0.3 is 0 Å². The zero-order valence-corrected chi connectivity index (χ0v) is 8.62. The number of hydrogen-bond acceptors (Lipinski definition) is 2. The number of carbonyl (C=O) groups excluding carboxylic acids is 1. The van der Waals surface area contributed by atoms with Gasteiger partial charge in [-0.15, -0.1) is 0 Å². The van der Waals surface area contributed by atoms with Gasteiger partial charge in [-0.25, -0.2) is 0 Å². The summed E-state index contributed by atoms with van der Waals surface area (Å²) < 4.78 is 0. The number of nitrogens with zero attached hydrogens (tertiary/aromatic N) is 1. The molecule has 2 N–H and O–H groups in total. The van der Waals surface area contributed by atoms with Gasteiger partial charge in [0, 0.05) is 13.1 Å². The summed E-state index contributed by atoms with van der Waals surface area (Å²) in [5.74, 6) is 0.0952. The van der Waals surface area contributed by atoms with Crippen LogP contribution in [0.5, 0.6) is 0 Å². The largest absolute Gasteiger partial charge is 0.339 e. The number of nitrogens with two attached hydrogens (primary N) is 1. The van der Waals surface area contributed by atoms with E-state index in [1.807, 2.05) is 19.9 Å². The summed E-state index contributed by atoms with van der Waals surface area (Å²) in [6, 6.07) is 0. The SMILES string of the molecule is CCC=CC(=O)N(CC)CCCN. The zero-order chi connectivity index (χ0) is 10.1. The quantitative estimate of drug-likeness (QED) is 0.629. The maximum absolute atomic E-state index is 11.4. The second-order valence-electron chi connectivity index (χ2n) is 2.87. The van der Waals surface area contributed by atoms with Gasteiger partial charge in [-0.05, 0) is 32.4 Å². The van der Waals surface area contributed by atoms with Crippen molar-refractivity contribution in [2.45, 2.75) is 26.7 Å². The van der Waals surface area contributed by atoms with Crippen LogP contribution < -0.4 is 5.73 Å². The van der Waals surface area contributed by atoms with E-state index >= 15 is 0 Å². The number of carbonyl (C=O) groups is 1. The molecular weight excluding hydrogens is 164 g/mol. The summed E-state index contributed by atoms with van der Waals surface area (Å²) in [5, 5.41) is 0. The Hall–Kier alpha value is -0.830. The van der Waals surface area contributed by atoms with Crippen molar-refractivity contribution in [3.63, 3.8) is 0 Å². The minimum Gasteiger partial charge on any atom is -0.339 e. The summed E-state index contributed by atoms with van der Waals surface area (Å²) in [7, 11) is 0. The Balaban J connectivity index is 3.91. The van der Waals surface area contributed by atoms with Crippen molar-refractivity contribution < 1.29 is 4.79 Å². The highest BCUT2D eigenvalue weighted by atomic mass is 16.2. The molecule has 0 bridgehead atoms. The average molecular weight is 184 g/mol. The van der Waals surface area contributed by atoms with E-state index in [1.54, 1.807) is 11.0 Å². The first-order chi connectivity index (χ1) is 6.26. The van der Waals surface area contributed by atoms with Crippen LogP contribution in [0.15, 0.2) is 12.2 Å². The second kappa shape index (κ2) is 7.80. The van der Waals surface area contributed by atoms with Gasteiger partial charge in [-0.1, -0.05) is 13.0 Å². The first-order valence-corrected chi connectivity index (χ1v) is 4.91. The maximum atomic E-state index is 11.4. The molecular formula is C10H20N2O. The molecule has 0 rings (SSSR count). The zero-order valence-electron chi connectivity index (χ0n) is 8.62. The molecule has 0 fully saturated rings. The highest BCUT2D eigenvalue weighted by Crippen LogP contribution is 1.94. The Kier molecular flexibility index (Phi) is 7.30. The van der Waals surface area contributed by atoms with E-state index in [2.05, 4.69) is 0 Å². The van der Waals surface area contributed by atoms with Crippen LogP contribution in [0.2, 0.25) is 0 Å². The lowest BCUT2D eigenvalue weighted by Gasteiger charge is -2.18. The maximum Gasteiger partial charge on any atom is 0.246 e. The predicted octanol–water partition coefficient (Wildman–Crippen LogP) is 1.15. The third-order valence-electron chi connectivity index (χ3n) is 1.82. The lowest BCUT2D eigenvalue weighted by atomic mass is 10.3. The van der Waals surface area contributed by atoms with Crippen LogP contribution in [0.4, 0.5) is 0 Å². The van der Waals surface area contributed by atoms with Crippen molar-refractivity contribution in [1.29, 1.82) is 0 Å². The summed E-state index contributed by atoms with van der Waals surface area (Å²) >= 11 is 0. The van der Waals surface area contributed by atoms with Crippen LogP contribution in [-0.2, 0) is 4.79 Å². The van der Waals surface area contributed by atoms with E-state index < -0.39 is 0 Å². The molecule has 13 heavy (non-hydrogen) atoms. The number of hydrogen-bond donors (Lipinski definition) is 1. The van der Waals surface area contributed by atoms with Crippen molar-refractivity contribution in [3.05, 3.63) is 12.2 Å². The molecule has 0 aromatic carbocycles. The van der Waals surface area contributed by atoms with Gasteiger partial charge in [0.15, 0.2) is 0 Å². The molecule has 0 saturated heterocycles. The van der Waals surface area contributed by atoms with Crippen LogP contribution in [0.1, 0.15) is 26.7 Å². The molecule has 0 aliphatic rings. The first kappa shape index (κ1) is 12.2. The number of amides is 1. The molecule has 3 nitrogen and oxygen atoms in total. The molecule has 3 heteroatoms. The van der Waals surface area contributed by atoms with Gasteiger partial charge in [-0.3, -0.25) is 4.79 Å². The molecule has 0 aromatic heterocycles. The molecule has 0 aliphatic heterocycles. The van der Waals surface area contributed by atoms with Gasteiger partial charge in [0.25, 0.3) is 0 Å². The summed E-state index contributed by atoms with van der Waals surface area (Å²) in [5.41, 5.74) is 5.38. The monoisotopic (exact) mass is 184 g/mol. The van der Waals surface area contributed by atoms with Gasteiger partial charge in [0.05, 0.1) is 0 Å². The number of rotatable bonds is 6. The van der Waals surface area contributed by atoms with E-state index in [-0.39, 0.29) is 5.91 Å². The molecule has 0 aromatic rings. The molecule has 0 aliphatic carbocycles. The van der Waals surface area contributed by atoms with E-state index in [1.165, 1.54) is 0 Å². The summed E-state index contributed by atoms with van der Waals surface area (Å²) in [6.07, 6.45) is 5.30. The molecule has 0 unspecified atom stereocenters. The predicted molar refractivity (Wildman–Crippen MR) is 55.4 cm³/mol. The fourth-order valence-corrected chi connectivity index (χ4v) is 1.03. The van der Waals surface area contributed by atoms with Gasteiger partial charge in [-0.2, -0.15) is 0 Å². The van der Waals surface area contributed by atoms with Gasteiger partial charge in [0.2, 0.25) is 5.91 Å². The standard InChI is InChI=1S/C10H20N2O/c1-3-5-7-10(13)12(4-2)9-6-8-11/h5,7H,3-4,6,8-9,11H2,1-2H3. The highest BCUT2D eigenvalue weighted by molar-refractivity contribution is 5.87. The van der Waals surface area contributed by atoms with E-state index in [0.29, 0.717) is 6.54 Å². The molecule has 76 valence electrons. The molecule has 0 spiro atoms. The summed E-state index contributed by atoms with van der Waals surface area (Å²) in [4.78, 5) is 13.2. The molecule has 0 heterocycles. The van der Waals surface area contributed by atoms with Crippen LogP contribution in [0.3, 0.4) is 0 Å². The minimum atomic E-state index is 0.0952. The Bertz CT molecular complexity index is 166. The molecule has 0 saturated carbocycles. The fraction of sp³-hybridized carbons (Fsp3) is 0.700. The van der Waals surface area contributed by atoms with Crippen molar-refractivity contribution >= 4 is 5.91 Å². The lowest BCUT2D eigenvalue weighted by Crippen LogP contribution is -2.31. The number of likely N-dealkylation sites (N-methyl/N-ethyl adjacent to an activating group) is 1. The average Bonchev–Trinajstić information content (AvgIpc) is 2.16. The lowest BCUT2D eigenvalue weighted by molar-refractivity contribution is -0.125. The Morgan fingerprint density at radius 3 is 2.62 bits per heavy atom. The summed E-state index contributed by atoms with van der Waals surface area (Å²) in [6.45, 7) is 6.15. The van der Waals surface area contributed by atoms with Crippen LogP contribution >= 0.6 is 0 Å². The van der Waals surface area contributed by atoms with Crippen LogP contribution in [0, 0.1) is 0 Å². The number of allylic oxidation sites excluding steroid dienone is 1. The minimum absolute atomic E-state index is 0.0952. The third kappa shape index (κ3) is 5.42. The smallest absolute Gasteiger partial charge is 0.246 e. The van der Waals surface area contributed by atoms with Crippen LogP contribution in [-0.4, -0.2) is 30.4 Å². The molecule has 0 atom stereocenters. The molecule has 1 amide bonds. The van der Waals surface area contributed by atoms with Crippen molar-refractivity contribution in [1.82, 2.24) is 4.90 Å². The Morgan fingerprint density at radius 2 is 2.15 bits per heavy atom. The Labute approximate surface area is 80.6 Å². The second-order valence-corrected chi connectivity index (χ2v) is 2.87. The first-order valence-electron chi connectivity index (χ1n) is 4.91. The van der Waals surface area contributed by atoms with E-state index in [9.17, 15) is 4.79 Å². The third-order valence-corrected chi connectivity index (χ3v) is 1.82. The van der Waals surface area contributed by atoms with Crippen molar-refractivity contribution in [3.8, 4) is 0 Å². The van der Waals surface area contributed by atoms with E-state index in [4.69, 9.17) is 5.73 Å². The van der Waals surface area contributed by atoms with Crippen LogP contribution in [0.25, 0.3) is 0 Å². The molecule has 0 radical (unpaired) electrons. The van der Waals surface area contributed by atoms with Gasteiger partial charge < -0.3 is 10.6 Å². The van der Waals surface area contributed by atoms with Crippen molar-refractivity contribution in [2.24, 2.45) is 5.73 Å². The Morgan fingerprint density at radius 1 is 1.46 bits per heavy atom. The highest BCUT2D eigenvalue weighted by Gasteiger charge is 2.05.